The van der Waals surface area contributed by atoms with E-state index >= 15 is 0 Å². The molecular formula is C53H75ClN6O10S2. The third-order valence-electron chi connectivity index (χ3n) is 11.5. The Labute approximate surface area is 434 Å². The molecule has 0 aromatic heterocycles. The number of halogens is 1. The minimum absolute atomic E-state index is 0. The molecule has 5 N–H and O–H groups in total. The van der Waals surface area contributed by atoms with E-state index in [2.05, 4.69) is 17.5 Å². The first-order valence-electron chi connectivity index (χ1n) is 23.5. The van der Waals surface area contributed by atoms with Crippen molar-refractivity contribution in [2.75, 3.05) is 40.4 Å². The van der Waals surface area contributed by atoms with E-state index in [-0.39, 0.29) is 61.2 Å². The number of nitrogens with zero attached hydrogens (tertiary/aromatic N) is 4. The predicted octanol–water partition coefficient (Wildman–Crippen LogP) is 7.88. The molecule has 0 aliphatic carbocycles. The summed E-state index contributed by atoms with van der Waals surface area (Å²) in [6.45, 7) is 12.6. The highest BCUT2D eigenvalue weighted by molar-refractivity contribution is 7.89. The fourth-order valence-corrected chi connectivity index (χ4v) is 10.8. The normalized spacial score (nSPS) is 13.7. The Morgan fingerprint density at radius 3 is 1.38 bits per heavy atom. The summed E-state index contributed by atoms with van der Waals surface area (Å²) in [7, 11) is -4.95. The van der Waals surface area contributed by atoms with Gasteiger partial charge in [0.25, 0.3) is 0 Å². The molecule has 396 valence electrons. The zero-order valence-corrected chi connectivity index (χ0v) is 45.5. The number of carbonyl (C=O) groups is 1. The Hall–Kier alpha value is -5.28. The first-order chi connectivity index (χ1) is 33.2. The maximum Gasteiger partial charge on any atom is 0.407 e. The molecule has 1 amide bonds. The third kappa shape index (κ3) is 21.1. The van der Waals surface area contributed by atoms with Crippen molar-refractivity contribution in [1.29, 1.82) is 10.5 Å². The second-order valence-electron chi connectivity index (χ2n) is 20.0. The lowest BCUT2D eigenvalue weighted by molar-refractivity contribution is 0.0392. The van der Waals surface area contributed by atoms with E-state index in [4.69, 9.17) is 30.5 Å². The summed E-state index contributed by atoms with van der Waals surface area (Å²) in [5, 5.41) is 43.0. The van der Waals surface area contributed by atoms with Crippen LogP contribution in [0.1, 0.15) is 85.3 Å². The molecule has 19 heteroatoms. The number of alkyl carbamates (subject to hydrolysis) is 1. The molecular weight excluding hydrogens is 980 g/mol. The van der Waals surface area contributed by atoms with E-state index in [0.717, 1.165) is 11.1 Å². The molecule has 72 heavy (non-hydrogen) atoms. The molecule has 3 unspecified atom stereocenters. The zero-order chi connectivity index (χ0) is 53.0. The van der Waals surface area contributed by atoms with Gasteiger partial charge in [0.2, 0.25) is 20.0 Å². The van der Waals surface area contributed by atoms with Gasteiger partial charge in [-0.25, -0.2) is 21.6 Å². The molecule has 4 atom stereocenters. The number of methoxy groups -OCH3 is 2. The van der Waals surface area contributed by atoms with Gasteiger partial charge in [0.15, 0.2) is 0 Å². The molecule has 0 saturated heterocycles. The summed E-state index contributed by atoms with van der Waals surface area (Å²) in [6.07, 6.45) is -0.759. The van der Waals surface area contributed by atoms with Crippen LogP contribution in [-0.2, 0) is 37.6 Å². The predicted molar refractivity (Wildman–Crippen MR) is 281 cm³/mol. The number of nitrogens with two attached hydrogens (primary N) is 1. The zero-order valence-electron chi connectivity index (χ0n) is 43.0. The number of rotatable bonds is 25. The van der Waals surface area contributed by atoms with Crippen molar-refractivity contribution in [2.45, 2.75) is 127 Å². The van der Waals surface area contributed by atoms with Crippen LogP contribution in [0.5, 0.6) is 11.5 Å². The number of carbonyl (C=O) groups excluding carboxylic acids is 1. The number of hydrogen-bond acceptors (Lipinski definition) is 13. The fourth-order valence-electron chi connectivity index (χ4n) is 7.50. The van der Waals surface area contributed by atoms with Gasteiger partial charge in [-0.1, -0.05) is 88.4 Å². The number of aliphatic hydroxyl groups excluding tert-OH is 2. The van der Waals surface area contributed by atoms with Gasteiger partial charge in [-0.15, -0.1) is 12.4 Å². The Morgan fingerprint density at radius 2 is 1.01 bits per heavy atom. The van der Waals surface area contributed by atoms with E-state index in [9.17, 15) is 31.8 Å². The highest BCUT2D eigenvalue weighted by Gasteiger charge is 2.36. The maximum atomic E-state index is 13.8. The summed E-state index contributed by atoms with van der Waals surface area (Å²) in [6, 6.07) is 33.8. The summed E-state index contributed by atoms with van der Waals surface area (Å²) < 4.78 is 72.8. The van der Waals surface area contributed by atoms with Crippen molar-refractivity contribution in [3.63, 3.8) is 0 Å². The third-order valence-corrected chi connectivity index (χ3v) is 15.1. The van der Waals surface area contributed by atoms with Crippen LogP contribution in [0.3, 0.4) is 0 Å². The molecule has 0 aliphatic rings. The van der Waals surface area contributed by atoms with Crippen LogP contribution in [0.2, 0.25) is 0 Å². The average Bonchev–Trinajstić information content (AvgIpc) is 3.32. The molecule has 16 nitrogen and oxygen atoms in total. The minimum atomic E-state index is -4.05. The Kier molecular flexibility index (Phi) is 25.2. The number of benzene rings is 4. The van der Waals surface area contributed by atoms with E-state index < -0.39 is 66.9 Å². The highest BCUT2D eigenvalue weighted by atomic mass is 35.5. The van der Waals surface area contributed by atoms with Crippen LogP contribution in [0.15, 0.2) is 119 Å². The number of nitriles is 2. The van der Waals surface area contributed by atoms with Crippen LogP contribution in [-0.4, -0.2) is 112 Å². The molecule has 4 rings (SSSR count). The van der Waals surface area contributed by atoms with Crippen LogP contribution in [0.25, 0.3) is 0 Å². The SMILES string of the molecule is COc1ccc(S(=O)(=O)N(CC(O)C(N)Cc2ccccc2)CC(C)(C)CCC#N)cc1.COc1ccc(S(=O)(=O)N(CC(O)[C@H](Cc2ccccc2)NC(=O)OC(C)(C)C)CC(C)(C)CCC#N)cc1.Cl. The highest BCUT2D eigenvalue weighted by Crippen LogP contribution is 2.30. The maximum absolute atomic E-state index is 13.8. The van der Waals surface area contributed by atoms with Gasteiger partial charge in [-0.2, -0.15) is 19.1 Å². The number of nitrogens with one attached hydrogen (secondary N) is 1. The molecule has 0 bridgehead atoms. The van der Waals surface area contributed by atoms with Gasteiger partial charge in [0.1, 0.15) is 17.1 Å². The molecule has 0 fully saturated rings. The van der Waals surface area contributed by atoms with Crippen molar-refractivity contribution in [3.8, 4) is 23.6 Å². The minimum Gasteiger partial charge on any atom is -0.497 e. The van der Waals surface area contributed by atoms with Crippen molar-refractivity contribution >= 4 is 38.5 Å². The number of sulfonamides is 2. The lowest BCUT2D eigenvalue weighted by Gasteiger charge is -2.35. The molecule has 4 aromatic rings. The number of amides is 1. The summed E-state index contributed by atoms with van der Waals surface area (Å²) in [5.41, 5.74) is 6.30. The average molecular weight is 1060 g/mol. The second kappa shape index (κ2) is 28.8. The molecule has 0 radical (unpaired) electrons. The molecule has 0 aliphatic heterocycles. The molecule has 0 spiro atoms. The number of aliphatic hydroxyl groups is 2. The van der Waals surface area contributed by atoms with Crippen LogP contribution < -0.4 is 20.5 Å². The van der Waals surface area contributed by atoms with Crippen molar-refractivity contribution < 1.29 is 46.1 Å². The van der Waals surface area contributed by atoms with E-state index in [1.807, 2.05) is 88.4 Å². The first-order valence-corrected chi connectivity index (χ1v) is 26.4. The smallest absolute Gasteiger partial charge is 0.407 e. The molecule has 0 saturated carbocycles. The van der Waals surface area contributed by atoms with Gasteiger partial charge in [-0.3, -0.25) is 0 Å². The Balaban J connectivity index is 0.000000496. The van der Waals surface area contributed by atoms with Gasteiger partial charge in [-0.05, 0) is 117 Å². The quantitative estimate of drug-likeness (QED) is 0.0494. The molecule has 4 aromatic carbocycles. The van der Waals surface area contributed by atoms with Gasteiger partial charge in [0, 0.05) is 45.1 Å². The monoisotopic (exact) mass is 1050 g/mol. The van der Waals surface area contributed by atoms with Crippen LogP contribution in [0, 0.1) is 33.5 Å². The van der Waals surface area contributed by atoms with Crippen molar-refractivity contribution in [3.05, 3.63) is 120 Å². The number of hydrogen-bond donors (Lipinski definition) is 4. The second-order valence-corrected chi connectivity index (χ2v) is 23.9. The summed E-state index contributed by atoms with van der Waals surface area (Å²) in [5.74, 6) is 1.06. The van der Waals surface area contributed by atoms with Crippen LogP contribution in [0.4, 0.5) is 4.79 Å². The lowest BCUT2D eigenvalue weighted by atomic mass is 9.88. The van der Waals surface area contributed by atoms with Crippen molar-refractivity contribution in [1.82, 2.24) is 13.9 Å². The fraction of sp³-hybridized carbons (Fsp3) is 0.491. The number of ether oxygens (including phenoxy) is 3. The Bertz CT molecular complexity index is 2550. The van der Waals surface area contributed by atoms with Crippen molar-refractivity contribution in [2.24, 2.45) is 16.6 Å². The van der Waals surface area contributed by atoms with Gasteiger partial charge in [0.05, 0.1) is 54.4 Å². The van der Waals surface area contributed by atoms with E-state index in [1.165, 1.54) is 47.1 Å². The largest absolute Gasteiger partial charge is 0.497 e. The molecule has 0 heterocycles. The topological polar surface area (TPSA) is 246 Å². The van der Waals surface area contributed by atoms with Crippen LogP contribution >= 0.6 is 12.4 Å². The van der Waals surface area contributed by atoms with E-state index in [0.29, 0.717) is 37.2 Å². The van der Waals surface area contributed by atoms with Gasteiger partial charge < -0.3 is 35.5 Å². The Morgan fingerprint density at radius 1 is 0.639 bits per heavy atom. The summed E-state index contributed by atoms with van der Waals surface area (Å²) >= 11 is 0. The first kappa shape index (κ1) is 62.8. The van der Waals surface area contributed by atoms with E-state index in [1.54, 1.807) is 45.0 Å². The summed E-state index contributed by atoms with van der Waals surface area (Å²) in [4.78, 5) is 12.8. The standard InChI is InChI=1S/C29H41N3O6S.C24H33N3O4S.ClH/c1-28(2,3)38-27(34)31-25(19-22-11-8-7-9-12-22)26(33)20-32(21-29(4,5)17-10-18-30)39(35,36)24-15-13-23(37-6)14-16-24;1-24(2,14-7-15-25)18-27(32(29,30)21-12-10-20(31-3)11-13-21)17-23(28)22(26)16-19-8-5-4-6-9-19;/h7-9,11-16,25-26,33H,10,17,19-21H2,1-6H3,(H,31,34);4-6,8-13,22-23,28H,7,14,16-18,26H2,1-3H3;1H/t25-,26?;;/m0../s1. The lowest BCUT2D eigenvalue weighted by Crippen LogP contribution is -2.52. The van der Waals surface area contributed by atoms with Gasteiger partial charge >= 0.3 is 6.09 Å².